The average Bonchev–Trinajstić information content (AvgIpc) is 3.48. The summed E-state index contributed by atoms with van der Waals surface area (Å²) >= 11 is 3.59. The number of nitrogens with zero attached hydrogens (tertiary/aromatic N) is 2. The Hall–Kier alpha value is -2.77. The molecule has 1 heterocycles. The molecule has 4 aliphatic carbocycles. The van der Waals surface area contributed by atoms with E-state index in [4.69, 9.17) is 9.26 Å². The third-order valence-corrected chi connectivity index (χ3v) is 9.94. The Morgan fingerprint density at radius 1 is 1.22 bits per heavy atom. The second kappa shape index (κ2) is 7.64. The van der Waals surface area contributed by atoms with Crippen LogP contribution in [0, 0.1) is 24.2 Å². The molecule has 0 aliphatic heterocycles. The molecule has 0 N–H and O–H groups in total. The SMILES string of the molecule is CCc1noc2c1C(=O)C13CC1=C1C(=O)c4c(c(OC)c5ccc(Br)cc5c4C)CC1CC3C2N(C)C. The van der Waals surface area contributed by atoms with Crippen molar-refractivity contribution in [3.05, 3.63) is 67.5 Å². The van der Waals surface area contributed by atoms with Gasteiger partial charge in [0.1, 0.15) is 5.75 Å². The Bertz CT molecular complexity index is 1600. The topological polar surface area (TPSA) is 72.6 Å². The number of halogens is 1. The molecule has 0 radical (unpaired) electrons. The molecule has 0 saturated heterocycles. The van der Waals surface area contributed by atoms with Gasteiger partial charge in [0, 0.05) is 26.6 Å². The third kappa shape index (κ3) is 2.77. The van der Waals surface area contributed by atoms with Crippen LogP contribution in [-0.2, 0) is 12.8 Å². The number of benzene rings is 2. The van der Waals surface area contributed by atoms with E-state index in [9.17, 15) is 9.59 Å². The highest BCUT2D eigenvalue weighted by molar-refractivity contribution is 9.10. The van der Waals surface area contributed by atoms with Crippen molar-refractivity contribution in [1.82, 2.24) is 10.1 Å². The maximum Gasteiger partial charge on any atom is 0.189 e. The summed E-state index contributed by atoms with van der Waals surface area (Å²) in [7, 11) is 5.78. The van der Waals surface area contributed by atoms with Crippen LogP contribution in [-0.4, -0.2) is 42.8 Å². The van der Waals surface area contributed by atoms with Gasteiger partial charge in [-0.3, -0.25) is 14.5 Å². The van der Waals surface area contributed by atoms with Crippen LogP contribution in [0.3, 0.4) is 0 Å². The molecule has 37 heavy (non-hydrogen) atoms. The van der Waals surface area contributed by atoms with E-state index in [-0.39, 0.29) is 29.4 Å². The number of methoxy groups -OCH3 is 1. The minimum Gasteiger partial charge on any atom is -0.496 e. The second-order valence-electron chi connectivity index (χ2n) is 11.3. The summed E-state index contributed by atoms with van der Waals surface area (Å²) in [5, 5.41) is 6.34. The number of Topliss-reactive ketones (excluding diaryl/α,β-unsaturated/α-hetero) is 2. The minimum absolute atomic E-state index is 0.0476. The lowest BCUT2D eigenvalue weighted by molar-refractivity contribution is 0.0556. The predicted octanol–water partition coefficient (Wildman–Crippen LogP) is 6.03. The zero-order chi connectivity index (χ0) is 26.0. The summed E-state index contributed by atoms with van der Waals surface area (Å²) in [5.74, 6) is 1.80. The van der Waals surface area contributed by atoms with Gasteiger partial charge in [-0.25, -0.2) is 0 Å². The van der Waals surface area contributed by atoms with Crippen molar-refractivity contribution in [2.45, 2.75) is 45.6 Å². The van der Waals surface area contributed by atoms with Gasteiger partial charge < -0.3 is 9.26 Å². The Labute approximate surface area is 224 Å². The molecule has 2 aromatic carbocycles. The molecule has 190 valence electrons. The van der Waals surface area contributed by atoms with Crippen LogP contribution in [0.5, 0.6) is 5.75 Å². The van der Waals surface area contributed by atoms with Crippen molar-refractivity contribution in [3.63, 3.8) is 0 Å². The summed E-state index contributed by atoms with van der Waals surface area (Å²) in [4.78, 5) is 30.6. The average molecular weight is 561 g/mol. The Morgan fingerprint density at radius 3 is 2.70 bits per heavy atom. The lowest BCUT2D eigenvalue weighted by atomic mass is 9.60. The molecule has 1 aromatic heterocycles. The molecule has 0 bridgehead atoms. The summed E-state index contributed by atoms with van der Waals surface area (Å²) in [6, 6.07) is 6.10. The van der Waals surface area contributed by atoms with Gasteiger partial charge >= 0.3 is 0 Å². The lowest BCUT2D eigenvalue weighted by Gasteiger charge is -2.45. The van der Waals surface area contributed by atoms with E-state index in [1.54, 1.807) is 7.11 Å². The molecule has 4 atom stereocenters. The van der Waals surface area contributed by atoms with Crippen LogP contribution >= 0.6 is 15.9 Å². The smallest absolute Gasteiger partial charge is 0.189 e. The van der Waals surface area contributed by atoms with E-state index in [0.29, 0.717) is 24.2 Å². The molecule has 6 nitrogen and oxygen atoms in total. The van der Waals surface area contributed by atoms with Gasteiger partial charge in [-0.15, -0.1) is 0 Å². The minimum atomic E-state index is -0.603. The number of allylic oxidation sites excluding steroid dienone is 2. The number of ether oxygens (including phenoxy) is 1. The summed E-state index contributed by atoms with van der Waals surface area (Å²) in [5.41, 5.74) is 5.47. The fourth-order valence-corrected chi connectivity index (χ4v) is 8.25. The number of carbonyl (C=O) groups excluding carboxylic acids is 2. The molecule has 7 heteroatoms. The number of carbonyl (C=O) groups is 2. The van der Waals surface area contributed by atoms with Gasteiger partial charge in [-0.1, -0.05) is 28.0 Å². The Morgan fingerprint density at radius 2 is 2.00 bits per heavy atom. The van der Waals surface area contributed by atoms with E-state index in [1.165, 1.54) is 0 Å². The van der Waals surface area contributed by atoms with Gasteiger partial charge in [0.25, 0.3) is 0 Å². The number of rotatable bonds is 3. The van der Waals surface area contributed by atoms with E-state index in [2.05, 4.69) is 38.1 Å². The molecule has 4 aliphatic rings. The fraction of sp³-hybridized carbons (Fsp3) is 0.433. The molecule has 1 saturated carbocycles. The van der Waals surface area contributed by atoms with Crippen LogP contribution in [0.4, 0.5) is 0 Å². The Balaban J connectivity index is 1.45. The number of ketones is 2. The third-order valence-electron chi connectivity index (χ3n) is 9.44. The van der Waals surface area contributed by atoms with Crippen LogP contribution in [0.1, 0.15) is 69.1 Å². The number of aromatic nitrogens is 1. The molecule has 1 spiro atoms. The van der Waals surface area contributed by atoms with Gasteiger partial charge in [0.15, 0.2) is 17.3 Å². The zero-order valence-electron chi connectivity index (χ0n) is 21.7. The van der Waals surface area contributed by atoms with Crippen molar-refractivity contribution in [3.8, 4) is 5.75 Å². The summed E-state index contributed by atoms with van der Waals surface area (Å²) in [6.45, 7) is 4.04. The maximum atomic E-state index is 14.3. The number of aryl methyl sites for hydroxylation is 2. The first-order valence-electron chi connectivity index (χ1n) is 13.0. The molecule has 4 unspecified atom stereocenters. The van der Waals surface area contributed by atoms with Crippen molar-refractivity contribution in [1.29, 1.82) is 0 Å². The first-order chi connectivity index (χ1) is 17.7. The van der Waals surface area contributed by atoms with Crippen molar-refractivity contribution in [2.75, 3.05) is 21.2 Å². The highest BCUT2D eigenvalue weighted by atomic mass is 79.9. The highest BCUT2D eigenvalue weighted by Crippen LogP contribution is 2.72. The van der Waals surface area contributed by atoms with Crippen molar-refractivity contribution < 1.29 is 18.8 Å². The second-order valence-corrected chi connectivity index (χ2v) is 12.2. The number of hydrogen-bond donors (Lipinski definition) is 0. The van der Waals surface area contributed by atoms with Crippen LogP contribution in [0.15, 0.2) is 38.3 Å². The Kier molecular flexibility index (Phi) is 4.82. The predicted molar refractivity (Wildman–Crippen MR) is 143 cm³/mol. The molecule has 3 aromatic rings. The first-order valence-corrected chi connectivity index (χ1v) is 13.8. The zero-order valence-corrected chi connectivity index (χ0v) is 23.3. The maximum absolute atomic E-state index is 14.3. The summed E-state index contributed by atoms with van der Waals surface area (Å²) < 4.78 is 12.8. The molecule has 7 rings (SSSR count). The number of hydrogen-bond acceptors (Lipinski definition) is 6. The van der Waals surface area contributed by atoms with E-state index >= 15 is 0 Å². The fourth-order valence-electron chi connectivity index (χ4n) is 7.89. The molecular formula is C30H29BrN2O4. The standard InChI is InChI=1S/C30H29BrN2O4/c1-6-21-24-28(37-32-21)25(33(3)4)19-10-14-9-18-22(26(34)23(14)20-12-30(19,20)29(24)35)13(2)17-11-15(31)7-8-16(17)27(18)36-5/h7-8,11,14,19,25H,6,9-10,12H2,1-5H3. The summed E-state index contributed by atoms with van der Waals surface area (Å²) in [6.07, 6.45) is 2.81. The van der Waals surface area contributed by atoms with E-state index in [1.807, 2.05) is 34.0 Å². The van der Waals surface area contributed by atoms with Crippen LogP contribution in [0.25, 0.3) is 10.8 Å². The largest absolute Gasteiger partial charge is 0.496 e. The van der Waals surface area contributed by atoms with Gasteiger partial charge in [0.2, 0.25) is 0 Å². The number of fused-ring (bicyclic) bond motifs is 4. The van der Waals surface area contributed by atoms with Crippen LogP contribution in [0.2, 0.25) is 0 Å². The highest BCUT2D eigenvalue weighted by Gasteiger charge is 2.70. The van der Waals surface area contributed by atoms with Gasteiger partial charge in [0.05, 0.1) is 29.8 Å². The van der Waals surface area contributed by atoms with Gasteiger partial charge in [-0.05, 0) is 93.3 Å². The quantitative estimate of drug-likeness (QED) is 0.389. The first kappa shape index (κ1) is 23.4. The normalized spacial score (nSPS) is 27.6. The van der Waals surface area contributed by atoms with Gasteiger partial charge in [-0.2, -0.15) is 0 Å². The van der Waals surface area contributed by atoms with E-state index < -0.39 is 5.41 Å². The monoisotopic (exact) mass is 560 g/mol. The van der Waals surface area contributed by atoms with E-state index in [0.717, 1.165) is 67.4 Å². The lowest BCUT2D eigenvalue weighted by Crippen LogP contribution is -2.46. The van der Waals surface area contributed by atoms with Crippen molar-refractivity contribution >= 4 is 38.3 Å². The molecule has 0 amide bonds. The molecule has 1 fully saturated rings. The molecular weight excluding hydrogens is 532 g/mol. The van der Waals surface area contributed by atoms with Crippen molar-refractivity contribution in [2.24, 2.45) is 17.3 Å². The van der Waals surface area contributed by atoms with Crippen LogP contribution < -0.4 is 4.74 Å².